The molecule has 2 amide bonds. The number of hydrazone groups is 1. The SMILES string of the molecule is CCOC(=O)N1N=C(N)C2CN(C(=O)OC(C)(C)C)CC21. The highest BCUT2D eigenvalue weighted by Gasteiger charge is 2.48. The van der Waals surface area contributed by atoms with Gasteiger partial charge in [0.15, 0.2) is 0 Å². The summed E-state index contributed by atoms with van der Waals surface area (Å²) in [4.78, 5) is 25.5. The number of hydrogen-bond acceptors (Lipinski definition) is 6. The van der Waals surface area contributed by atoms with Gasteiger partial charge in [0.1, 0.15) is 11.4 Å². The number of amidine groups is 1. The summed E-state index contributed by atoms with van der Waals surface area (Å²) in [7, 11) is 0. The topological polar surface area (TPSA) is 97.5 Å². The van der Waals surface area contributed by atoms with E-state index in [0.717, 1.165) is 0 Å². The van der Waals surface area contributed by atoms with Crippen molar-refractivity contribution in [3.63, 3.8) is 0 Å². The van der Waals surface area contributed by atoms with E-state index in [2.05, 4.69) is 5.10 Å². The molecule has 118 valence electrons. The molecule has 21 heavy (non-hydrogen) atoms. The normalized spacial score (nSPS) is 24.7. The molecule has 0 aromatic carbocycles. The number of nitrogens with two attached hydrogens (primary N) is 1. The first-order chi connectivity index (χ1) is 9.73. The number of ether oxygens (including phenoxy) is 2. The van der Waals surface area contributed by atoms with Crippen molar-refractivity contribution in [3.8, 4) is 0 Å². The van der Waals surface area contributed by atoms with Crippen LogP contribution in [0.3, 0.4) is 0 Å². The van der Waals surface area contributed by atoms with Crippen LogP contribution >= 0.6 is 0 Å². The van der Waals surface area contributed by atoms with Crippen LogP contribution in [0.1, 0.15) is 27.7 Å². The lowest BCUT2D eigenvalue weighted by Gasteiger charge is -2.25. The van der Waals surface area contributed by atoms with Crippen molar-refractivity contribution in [1.82, 2.24) is 9.91 Å². The Morgan fingerprint density at radius 1 is 1.33 bits per heavy atom. The van der Waals surface area contributed by atoms with Crippen molar-refractivity contribution >= 4 is 18.0 Å². The zero-order valence-electron chi connectivity index (χ0n) is 12.8. The fourth-order valence-electron chi connectivity index (χ4n) is 2.44. The first-order valence-electron chi connectivity index (χ1n) is 7.01. The van der Waals surface area contributed by atoms with Crippen molar-refractivity contribution in [2.24, 2.45) is 16.8 Å². The molecule has 0 aromatic heterocycles. The first-order valence-corrected chi connectivity index (χ1v) is 7.01. The van der Waals surface area contributed by atoms with Crippen molar-refractivity contribution < 1.29 is 19.1 Å². The van der Waals surface area contributed by atoms with Crippen LogP contribution in [0.2, 0.25) is 0 Å². The van der Waals surface area contributed by atoms with Crippen LogP contribution < -0.4 is 5.73 Å². The lowest BCUT2D eigenvalue weighted by atomic mass is 10.0. The Morgan fingerprint density at radius 3 is 2.57 bits per heavy atom. The number of carbonyl (C=O) groups is 2. The number of hydrogen-bond donors (Lipinski definition) is 1. The summed E-state index contributed by atoms with van der Waals surface area (Å²) < 4.78 is 10.3. The molecule has 2 heterocycles. The Kier molecular flexibility index (Phi) is 3.97. The summed E-state index contributed by atoms with van der Waals surface area (Å²) >= 11 is 0. The minimum Gasteiger partial charge on any atom is -0.448 e. The van der Waals surface area contributed by atoms with Crippen LogP contribution in [0.4, 0.5) is 9.59 Å². The van der Waals surface area contributed by atoms with Gasteiger partial charge < -0.3 is 20.1 Å². The van der Waals surface area contributed by atoms with E-state index < -0.39 is 17.8 Å². The average molecular weight is 298 g/mol. The maximum Gasteiger partial charge on any atom is 0.430 e. The molecule has 8 heteroatoms. The highest BCUT2D eigenvalue weighted by molar-refractivity contribution is 5.89. The fraction of sp³-hybridized carbons (Fsp3) is 0.769. The minimum absolute atomic E-state index is 0.165. The van der Waals surface area contributed by atoms with Crippen molar-refractivity contribution in [3.05, 3.63) is 0 Å². The molecule has 2 aliphatic heterocycles. The third-order valence-corrected chi connectivity index (χ3v) is 3.31. The maximum absolute atomic E-state index is 12.1. The predicted octanol–water partition coefficient (Wildman–Crippen LogP) is 0.966. The van der Waals surface area contributed by atoms with E-state index in [1.807, 2.05) is 20.8 Å². The largest absolute Gasteiger partial charge is 0.448 e. The molecule has 0 bridgehead atoms. The Labute approximate surface area is 123 Å². The molecule has 2 atom stereocenters. The Morgan fingerprint density at radius 2 is 2.00 bits per heavy atom. The third-order valence-electron chi connectivity index (χ3n) is 3.31. The van der Waals surface area contributed by atoms with Gasteiger partial charge in [-0.2, -0.15) is 10.1 Å². The van der Waals surface area contributed by atoms with E-state index in [0.29, 0.717) is 18.9 Å². The summed E-state index contributed by atoms with van der Waals surface area (Å²) in [6, 6.07) is -0.281. The lowest BCUT2D eigenvalue weighted by molar-refractivity contribution is 0.0273. The van der Waals surface area contributed by atoms with Crippen molar-refractivity contribution in [2.45, 2.75) is 39.3 Å². The van der Waals surface area contributed by atoms with Gasteiger partial charge in [-0.1, -0.05) is 0 Å². The Hall–Kier alpha value is -1.99. The Bertz CT molecular complexity index is 471. The summed E-state index contributed by atoms with van der Waals surface area (Å²) in [5.74, 6) is 0.182. The van der Waals surface area contributed by atoms with Gasteiger partial charge in [0.05, 0.1) is 18.6 Å². The molecule has 2 N–H and O–H groups in total. The van der Waals surface area contributed by atoms with Crippen LogP contribution in [0, 0.1) is 5.92 Å². The van der Waals surface area contributed by atoms with Crippen molar-refractivity contribution in [1.29, 1.82) is 0 Å². The first kappa shape index (κ1) is 15.4. The van der Waals surface area contributed by atoms with Gasteiger partial charge in [-0.3, -0.25) is 0 Å². The summed E-state index contributed by atoms with van der Waals surface area (Å²) in [6.07, 6.45) is -0.951. The monoisotopic (exact) mass is 298 g/mol. The predicted molar refractivity (Wildman–Crippen MR) is 75.6 cm³/mol. The van der Waals surface area contributed by atoms with E-state index in [1.54, 1.807) is 11.8 Å². The maximum atomic E-state index is 12.1. The second-order valence-electron chi connectivity index (χ2n) is 6.13. The van der Waals surface area contributed by atoms with Crippen LogP contribution in [0.5, 0.6) is 0 Å². The van der Waals surface area contributed by atoms with E-state index in [1.165, 1.54) is 5.01 Å². The molecule has 1 saturated heterocycles. The van der Waals surface area contributed by atoms with E-state index in [4.69, 9.17) is 15.2 Å². The quantitative estimate of drug-likeness (QED) is 0.777. The molecule has 2 rings (SSSR count). The molecule has 8 nitrogen and oxygen atoms in total. The van der Waals surface area contributed by atoms with Gasteiger partial charge in [0.2, 0.25) is 0 Å². The lowest BCUT2D eigenvalue weighted by Crippen LogP contribution is -2.40. The molecule has 2 unspecified atom stereocenters. The zero-order valence-corrected chi connectivity index (χ0v) is 12.8. The van der Waals surface area contributed by atoms with Gasteiger partial charge >= 0.3 is 12.2 Å². The smallest absolute Gasteiger partial charge is 0.430 e. The molecular weight excluding hydrogens is 276 g/mol. The molecular formula is C13H22N4O4. The summed E-state index contributed by atoms with van der Waals surface area (Å²) in [5.41, 5.74) is 5.30. The fourth-order valence-corrected chi connectivity index (χ4v) is 2.44. The highest BCUT2D eigenvalue weighted by atomic mass is 16.6. The van der Waals surface area contributed by atoms with E-state index >= 15 is 0 Å². The number of likely N-dealkylation sites (tertiary alicyclic amines) is 1. The number of fused-ring (bicyclic) bond motifs is 1. The van der Waals surface area contributed by atoms with Gasteiger partial charge in [-0.25, -0.2) is 9.59 Å². The van der Waals surface area contributed by atoms with E-state index in [9.17, 15) is 9.59 Å². The number of nitrogens with zero attached hydrogens (tertiary/aromatic N) is 3. The molecule has 0 aliphatic carbocycles. The van der Waals surface area contributed by atoms with Gasteiger partial charge in [0.25, 0.3) is 0 Å². The second-order valence-corrected chi connectivity index (χ2v) is 6.13. The van der Waals surface area contributed by atoms with Crippen LogP contribution in [-0.4, -0.2) is 59.3 Å². The minimum atomic E-state index is -0.560. The summed E-state index contributed by atoms with van der Waals surface area (Å²) in [5, 5.41) is 5.26. The van der Waals surface area contributed by atoms with Crippen molar-refractivity contribution in [2.75, 3.05) is 19.7 Å². The summed E-state index contributed by atoms with van der Waals surface area (Å²) in [6.45, 7) is 8.14. The van der Waals surface area contributed by atoms with Gasteiger partial charge in [-0.15, -0.1) is 0 Å². The van der Waals surface area contributed by atoms with E-state index in [-0.39, 0.29) is 18.6 Å². The molecule has 0 radical (unpaired) electrons. The number of carbonyl (C=O) groups excluding carboxylic acids is 2. The van der Waals surface area contributed by atoms with Gasteiger partial charge in [0, 0.05) is 13.1 Å². The molecule has 0 aromatic rings. The standard InChI is InChI=1S/C13H22N4O4/c1-5-20-12(19)17-9-7-16(6-8(9)10(14)15-17)11(18)21-13(2,3)4/h8-9H,5-7H2,1-4H3,(H2,14,15). The number of amides is 2. The average Bonchev–Trinajstić information content (AvgIpc) is 2.88. The van der Waals surface area contributed by atoms with Crippen LogP contribution in [0.15, 0.2) is 5.10 Å². The molecule has 0 spiro atoms. The Balaban J connectivity index is 2.05. The second kappa shape index (κ2) is 5.42. The van der Waals surface area contributed by atoms with Crippen LogP contribution in [0.25, 0.3) is 0 Å². The zero-order chi connectivity index (χ0) is 15.8. The van der Waals surface area contributed by atoms with Crippen LogP contribution in [-0.2, 0) is 9.47 Å². The van der Waals surface area contributed by atoms with Gasteiger partial charge in [-0.05, 0) is 27.7 Å². The molecule has 2 aliphatic rings. The number of rotatable bonds is 1. The third kappa shape index (κ3) is 3.20. The molecule has 1 fully saturated rings. The highest BCUT2D eigenvalue weighted by Crippen LogP contribution is 2.29. The molecule has 0 saturated carbocycles.